The van der Waals surface area contributed by atoms with Crippen LogP contribution >= 0.6 is 0 Å². The molecule has 0 aromatic heterocycles. The summed E-state index contributed by atoms with van der Waals surface area (Å²) >= 11 is 0. The second kappa shape index (κ2) is 4.63. The van der Waals surface area contributed by atoms with E-state index in [-0.39, 0.29) is 0 Å². The monoisotopic (exact) mass is 193 g/mol. The van der Waals surface area contributed by atoms with Crippen LogP contribution in [0, 0.1) is 11.8 Å². The standard InChI is InChI=1S/C12H19NO/c14-13-12-8-6-11(7-9-12)10-4-2-1-3-5-10/h2,4,10-11,14H,1,3,5-9H2. The predicted molar refractivity (Wildman–Crippen MR) is 57.7 cm³/mol. The van der Waals surface area contributed by atoms with Crippen molar-refractivity contribution < 1.29 is 5.21 Å². The third kappa shape index (κ3) is 2.17. The van der Waals surface area contributed by atoms with Gasteiger partial charge in [-0.25, -0.2) is 0 Å². The average Bonchev–Trinajstić information content (AvgIpc) is 2.30. The summed E-state index contributed by atoms with van der Waals surface area (Å²) in [5.41, 5.74) is 1.00. The van der Waals surface area contributed by atoms with Gasteiger partial charge in [0.05, 0.1) is 5.71 Å². The Morgan fingerprint density at radius 1 is 1.21 bits per heavy atom. The van der Waals surface area contributed by atoms with Crippen molar-refractivity contribution in [3.63, 3.8) is 0 Å². The Bertz CT molecular complexity index is 235. The maximum absolute atomic E-state index is 8.66. The molecule has 1 unspecified atom stereocenters. The number of hydrogen-bond donors (Lipinski definition) is 1. The quantitative estimate of drug-likeness (QED) is 0.386. The lowest BCUT2D eigenvalue weighted by Gasteiger charge is -2.30. The van der Waals surface area contributed by atoms with Crippen LogP contribution in [-0.2, 0) is 0 Å². The first-order chi connectivity index (χ1) is 6.90. The number of allylic oxidation sites excluding steroid dienone is 2. The van der Waals surface area contributed by atoms with Gasteiger partial charge in [-0.05, 0) is 56.8 Å². The van der Waals surface area contributed by atoms with Crippen LogP contribution < -0.4 is 0 Å². The van der Waals surface area contributed by atoms with Gasteiger partial charge in [0.2, 0.25) is 0 Å². The zero-order valence-corrected chi connectivity index (χ0v) is 8.65. The molecule has 2 aliphatic rings. The second-order valence-electron chi connectivity index (χ2n) is 4.53. The highest BCUT2D eigenvalue weighted by Crippen LogP contribution is 2.34. The predicted octanol–water partition coefficient (Wildman–Crippen LogP) is 3.36. The molecule has 14 heavy (non-hydrogen) atoms. The summed E-state index contributed by atoms with van der Waals surface area (Å²) in [4.78, 5) is 0. The lowest BCUT2D eigenvalue weighted by Crippen LogP contribution is -2.21. The Morgan fingerprint density at radius 2 is 2.00 bits per heavy atom. The maximum atomic E-state index is 8.66. The Hall–Kier alpha value is -0.790. The van der Waals surface area contributed by atoms with E-state index in [9.17, 15) is 0 Å². The lowest BCUT2D eigenvalue weighted by molar-refractivity contribution is 0.290. The molecule has 0 amide bonds. The van der Waals surface area contributed by atoms with Crippen molar-refractivity contribution in [3.05, 3.63) is 12.2 Å². The van der Waals surface area contributed by atoms with E-state index in [0.717, 1.165) is 30.4 Å². The number of hydrogen-bond acceptors (Lipinski definition) is 2. The van der Waals surface area contributed by atoms with Gasteiger partial charge in [-0.3, -0.25) is 0 Å². The van der Waals surface area contributed by atoms with Crippen LogP contribution in [-0.4, -0.2) is 10.9 Å². The molecule has 1 atom stereocenters. The molecule has 0 radical (unpaired) electrons. The molecular weight excluding hydrogens is 174 g/mol. The molecule has 0 saturated heterocycles. The molecule has 0 aromatic rings. The highest BCUT2D eigenvalue weighted by atomic mass is 16.4. The summed E-state index contributed by atoms with van der Waals surface area (Å²) in [5, 5.41) is 12.0. The van der Waals surface area contributed by atoms with Crippen LogP contribution in [0.2, 0.25) is 0 Å². The molecular formula is C12H19NO. The summed E-state index contributed by atoms with van der Waals surface area (Å²) in [6.07, 6.45) is 13.2. The van der Waals surface area contributed by atoms with Crippen LogP contribution in [0.1, 0.15) is 44.9 Å². The van der Waals surface area contributed by atoms with E-state index in [1.54, 1.807) is 0 Å². The molecule has 1 N–H and O–H groups in total. The van der Waals surface area contributed by atoms with Crippen LogP contribution in [0.5, 0.6) is 0 Å². The third-order valence-electron chi connectivity index (χ3n) is 3.65. The molecule has 2 aliphatic carbocycles. The molecule has 0 spiro atoms. The van der Waals surface area contributed by atoms with Gasteiger partial charge in [0.15, 0.2) is 0 Å². The minimum Gasteiger partial charge on any atom is -0.411 e. The van der Waals surface area contributed by atoms with E-state index >= 15 is 0 Å². The summed E-state index contributed by atoms with van der Waals surface area (Å²) < 4.78 is 0. The van der Waals surface area contributed by atoms with E-state index in [1.165, 1.54) is 32.1 Å². The fourth-order valence-corrected chi connectivity index (χ4v) is 2.73. The molecule has 78 valence electrons. The summed E-state index contributed by atoms with van der Waals surface area (Å²) in [7, 11) is 0. The minimum atomic E-state index is 0.809. The van der Waals surface area contributed by atoms with E-state index in [2.05, 4.69) is 17.3 Å². The second-order valence-corrected chi connectivity index (χ2v) is 4.53. The zero-order valence-electron chi connectivity index (χ0n) is 8.65. The third-order valence-corrected chi connectivity index (χ3v) is 3.65. The van der Waals surface area contributed by atoms with E-state index in [1.807, 2.05) is 0 Å². The lowest BCUT2D eigenvalue weighted by atomic mass is 9.76. The number of nitrogens with zero attached hydrogens (tertiary/aromatic N) is 1. The highest BCUT2D eigenvalue weighted by Gasteiger charge is 2.24. The molecule has 1 saturated carbocycles. The van der Waals surface area contributed by atoms with Crippen molar-refractivity contribution in [2.45, 2.75) is 44.9 Å². The van der Waals surface area contributed by atoms with Crippen molar-refractivity contribution in [3.8, 4) is 0 Å². The first-order valence-electron chi connectivity index (χ1n) is 5.76. The first-order valence-corrected chi connectivity index (χ1v) is 5.76. The van der Waals surface area contributed by atoms with Gasteiger partial charge in [-0.1, -0.05) is 17.3 Å². The summed E-state index contributed by atoms with van der Waals surface area (Å²) in [6, 6.07) is 0. The largest absolute Gasteiger partial charge is 0.411 e. The number of oxime groups is 1. The van der Waals surface area contributed by atoms with Crippen molar-refractivity contribution in [1.82, 2.24) is 0 Å². The smallest absolute Gasteiger partial charge is 0.0571 e. The normalized spacial score (nSPS) is 33.0. The van der Waals surface area contributed by atoms with Gasteiger partial charge in [0.25, 0.3) is 0 Å². The van der Waals surface area contributed by atoms with Crippen molar-refractivity contribution in [2.24, 2.45) is 17.0 Å². The molecule has 0 bridgehead atoms. The molecule has 2 rings (SSSR count). The van der Waals surface area contributed by atoms with Gasteiger partial charge >= 0.3 is 0 Å². The van der Waals surface area contributed by atoms with Crippen LogP contribution in [0.15, 0.2) is 17.3 Å². The van der Waals surface area contributed by atoms with Crippen molar-refractivity contribution in [1.29, 1.82) is 0 Å². The van der Waals surface area contributed by atoms with Crippen molar-refractivity contribution in [2.75, 3.05) is 0 Å². The van der Waals surface area contributed by atoms with Crippen LogP contribution in [0.25, 0.3) is 0 Å². The van der Waals surface area contributed by atoms with Gasteiger partial charge < -0.3 is 5.21 Å². The Labute approximate surface area is 85.7 Å². The fraction of sp³-hybridized carbons (Fsp3) is 0.750. The molecule has 2 heteroatoms. The topological polar surface area (TPSA) is 32.6 Å². The summed E-state index contributed by atoms with van der Waals surface area (Å²) in [6.45, 7) is 0. The minimum absolute atomic E-state index is 0.809. The first kappa shape index (κ1) is 9.75. The maximum Gasteiger partial charge on any atom is 0.0571 e. The molecule has 0 aromatic carbocycles. The Morgan fingerprint density at radius 3 is 2.57 bits per heavy atom. The van der Waals surface area contributed by atoms with Gasteiger partial charge in [0, 0.05) is 0 Å². The fourth-order valence-electron chi connectivity index (χ4n) is 2.73. The van der Waals surface area contributed by atoms with E-state index < -0.39 is 0 Å². The van der Waals surface area contributed by atoms with Gasteiger partial charge in [0.1, 0.15) is 0 Å². The SMILES string of the molecule is ON=C1CCC(C2C=CCCC2)CC1. The number of rotatable bonds is 1. The van der Waals surface area contributed by atoms with Gasteiger partial charge in [-0.15, -0.1) is 0 Å². The molecule has 0 aliphatic heterocycles. The van der Waals surface area contributed by atoms with E-state index in [4.69, 9.17) is 5.21 Å². The zero-order chi connectivity index (χ0) is 9.80. The van der Waals surface area contributed by atoms with Crippen LogP contribution in [0.4, 0.5) is 0 Å². The van der Waals surface area contributed by atoms with Crippen molar-refractivity contribution >= 4 is 5.71 Å². The Kier molecular flexibility index (Phi) is 3.22. The molecule has 1 fully saturated rings. The van der Waals surface area contributed by atoms with Gasteiger partial charge in [-0.2, -0.15) is 0 Å². The highest BCUT2D eigenvalue weighted by molar-refractivity contribution is 5.84. The average molecular weight is 193 g/mol. The Balaban J connectivity index is 1.88. The summed E-state index contributed by atoms with van der Waals surface area (Å²) in [5.74, 6) is 1.65. The van der Waals surface area contributed by atoms with E-state index in [0.29, 0.717) is 0 Å². The van der Waals surface area contributed by atoms with Crippen LogP contribution in [0.3, 0.4) is 0 Å². The molecule has 0 heterocycles. The molecule has 2 nitrogen and oxygen atoms in total.